The average Bonchev–Trinajstić information content (AvgIpc) is 3.55. The van der Waals surface area contributed by atoms with Gasteiger partial charge in [0.15, 0.2) is 11.4 Å². The molecule has 0 amide bonds. The lowest BCUT2D eigenvalue weighted by molar-refractivity contribution is -0.177. The van der Waals surface area contributed by atoms with Gasteiger partial charge in [-0.05, 0) is 93.6 Å². The number of esters is 1. The van der Waals surface area contributed by atoms with Crippen LogP contribution in [-0.4, -0.2) is 29.8 Å². The fourth-order valence-electron chi connectivity index (χ4n) is 7.86. The quantitative estimate of drug-likeness (QED) is 0.140. The van der Waals surface area contributed by atoms with Crippen LogP contribution in [0.15, 0.2) is 123 Å². The SMILES string of the molecule is CCOC(=O)[C@@]12O[C@@]3(C(=C1C(=O)c1ccc(Br)cc1)N(CC)C(C)=C(C)SC3(c1ccccc1)c1ccccc1)c1cc(C)c(C)cc12. The van der Waals surface area contributed by atoms with Crippen molar-refractivity contribution in [1.29, 1.82) is 0 Å². The maximum Gasteiger partial charge on any atom is 0.348 e. The second kappa shape index (κ2) is 11.9. The van der Waals surface area contributed by atoms with E-state index in [-0.39, 0.29) is 12.4 Å². The normalized spacial score (nSPS) is 22.4. The standard InChI is InChI=1S/C41H38BrNO4S/c1-7-43-27(5)28(6)48-41(30-15-11-9-12-16-30,31-17-13-10-14-18-31)40-34-24-26(4)25(3)23-33(34)39(47-40,38(45)46-8-2)35(37(40)43)36(44)29-19-21-32(42)22-20-29/h9-24H,7-8H2,1-6H3/t39-,40+/m0/s1. The number of halogens is 1. The number of nitrogens with zero attached hydrogens (tertiary/aromatic N) is 1. The first-order chi connectivity index (χ1) is 23.1. The van der Waals surface area contributed by atoms with Crippen molar-refractivity contribution in [3.8, 4) is 0 Å². The highest BCUT2D eigenvalue weighted by molar-refractivity contribution is 9.10. The van der Waals surface area contributed by atoms with E-state index in [2.05, 4.69) is 78.9 Å². The number of thioether (sulfide) groups is 1. The first-order valence-electron chi connectivity index (χ1n) is 16.4. The zero-order valence-corrected chi connectivity index (χ0v) is 30.4. The lowest BCUT2D eigenvalue weighted by Gasteiger charge is -2.49. The van der Waals surface area contributed by atoms with Crippen LogP contribution in [0.2, 0.25) is 0 Å². The molecule has 1 spiro atoms. The second-order valence-electron chi connectivity index (χ2n) is 12.6. The Morgan fingerprint density at radius 1 is 0.812 bits per heavy atom. The summed E-state index contributed by atoms with van der Waals surface area (Å²) in [6.45, 7) is 13.0. The lowest BCUT2D eigenvalue weighted by atomic mass is 9.64. The topological polar surface area (TPSA) is 55.8 Å². The summed E-state index contributed by atoms with van der Waals surface area (Å²) < 4.78 is 13.5. The van der Waals surface area contributed by atoms with Gasteiger partial charge >= 0.3 is 5.97 Å². The van der Waals surface area contributed by atoms with E-state index >= 15 is 4.79 Å². The van der Waals surface area contributed by atoms with Crippen molar-refractivity contribution in [3.63, 3.8) is 0 Å². The molecule has 2 atom stereocenters. The van der Waals surface area contributed by atoms with Crippen LogP contribution in [0.1, 0.15) is 71.4 Å². The summed E-state index contributed by atoms with van der Waals surface area (Å²) >= 11 is 5.26. The van der Waals surface area contributed by atoms with E-state index in [1.165, 1.54) is 0 Å². The van der Waals surface area contributed by atoms with Gasteiger partial charge in [0.05, 0.1) is 17.9 Å². The number of ketones is 1. The number of ether oxygens (including phenoxy) is 2. The molecule has 0 aromatic heterocycles. The minimum absolute atomic E-state index is 0.138. The molecule has 0 aliphatic carbocycles. The van der Waals surface area contributed by atoms with Gasteiger partial charge < -0.3 is 14.4 Å². The first-order valence-corrected chi connectivity index (χ1v) is 18.0. The molecule has 244 valence electrons. The van der Waals surface area contributed by atoms with Crippen molar-refractivity contribution in [2.45, 2.75) is 57.5 Å². The van der Waals surface area contributed by atoms with Crippen molar-refractivity contribution in [3.05, 3.63) is 162 Å². The monoisotopic (exact) mass is 719 g/mol. The third-order valence-electron chi connectivity index (χ3n) is 10.2. The average molecular weight is 721 g/mol. The van der Waals surface area contributed by atoms with Crippen molar-refractivity contribution in [1.82, 2.24) is 4.90 Å². The number of likely N-dealkylation sites (N-methyl/N-ethyl adjacent to an activating group) is 1. The molecule has 48 heavy (non-hydrogen) atoms. The summed E-state index contributed by atoms with van der Waals surface area (Å²) in [6.07, 6.45) is 0. The maximum absolute atomic E-state index is 15.3. The predicted octanol–water partition coefficient (Wildman–Crippen LogP) is 9.46. The van der Waals surface area contributed by atoms with E-state index in [4.69, 9.17) is 9.47 Å². The molecule has 0 saturated heterocycles. The Morgan fingerprint density at radius 3 is 1.92 bits per heavy atom. The number of carbonyl (C=O) groups is 2. The molecule has 4 aromatic rings. The smallest absolute Gasteiger partial charge is 0.348 e. The number of fused-ring (bicyclic) bond motifs is 3. The van der Waals surface area contributed by atoms with E-state index in [9.17, 15) is 4.79 Å². The van der Waals surface area contributed by atoms with Gasteiger partial charge in [-0.1, -0.05) is 88.7 Å². The number of Topliss-reactive ketones (excluding diaryl/α,β-unsaturated/α-hetero) is 1. The Kier molecular flexibility index (Phi) is 8.09. The summed E-state index contributed by atoms with van der Waals surface area (Å²) in [7, 11) is 0. The molecule has 7 heteroatoms. The van der Waals surface area contributed by atoms with Gasteiger partial charge in [0, 0.05) is 32.7 Å². The van der Waals surface area contributed by atoms with E-state index in [1.54, 1.807) is 30.8 Å². The van der Waals surface area contributed by atoms with Crippen LogP contribution >= 0.6 is 27.7 Å². The second-order valence-corrected chi connectivity index (χ2v) is 15.0. The first kappa shape index (κ1) is 32.6. The highest BCUT2D eigenvalue weighted by Gasteiger charge is 2.78. The van der Waals surface area contributed by atoms with Crippen molar-refractivity contribution >= 4 is 39.4 Å². The molecule has 2 bridgehead atoms. The number of rotatable bonds is 7. The number of benzene rings is 4. The summed E-state index contributed by atoms with van der Waals surface area (Å²) in [5.41, 5.74) is 4.98. The van der Waals surface area contributed by atoms with E-state index in [1.807, 2.05) is 61.5 Å². The maximum atomic E-state index is 15.3. The van der Waals surface area contributed by atoms with Crippen molar-refractivity contribution < 1.29 is 19.1 Å². The molecule has 3 aliphatic rings. The van der Waals surface area contributed by atoms with Crippen molar-refractivity contribution in [2.75, 3.05) is 13.2 Å². The molecular weight excluding hydrogens is 682 g/mol. The van der Waals surface area contributed by atoms with Gasteiger partial charge in [-0.25, -0.2) is 4.79 Å². The number of carbonyl (C=O) groups excluding carboxylic acids is 2. The lowest BCUT2D eigenvalue weighted by Crippen LogP contribution is -2.51. The molecule has 0 radical (unpaired) electrons. The summed E-state index contributed by atoms with van der Waals surface area (Å²) in [5.74, 6) is -0.844. The molecule has 0 N–H and O–H groups in total. The summed E-state index contributed by atoms with van der Waals surface area (Å²) in [4.78, 5) is 33.5. The zero-order chi connectivity index (χ0) is 34.0. The number of hydrogen-bond donors (Lipinski definition) is 0. The van der Waals surface area contributed by atoms with Gasteiger partial charge in [0.2, 0.25) is 5.60 Å². The Balaban J connectivity index is 1.75. The molecule has 5 nitrogen and oxygen atoms in total. The highest BCUT2D eigenvalue weighted by atomic mass is 79.9. The summed E-state index contributed by atoms with van der Waals surface area (Å²) in [6, 6.07) is 32.3. The van der Waals surface area contributed by atoms with Crippen LogP contribution in [0.4, 0.5) is 0 Å². The Hall–Kier alpha value is -3.91. The van der Waals surface area contributed by atoms with E-state index in [0.29, 0.717) is 28.9 Å². The summed E-state index contributed by atoms with van der Waals surface area (Å²) in [5, 5.41) is 0. The minimum atomic E-state index is -1.81. The number of aryl methyl sites for hydroxylation is 2. The predicted molar refractivity (Wildman–Crippen MR) is 194 cm³/mol. The van der Waals surface area contributed by atoms with E-state index in [0.717, 1.165) is 42.9 Å². The third kappa shape index (κ3) is 4.26. The number of allylic oxidation sites excluding steroid dienone is 2. The van der Waals surface area contributed by atoms with Crippen LogP contribution in [-0.2, 0) is 30.2 Å². The molecule has 4 aromatic carbocycles. The highest BCUT2D eigenvalue weighted by Crippen LogP contribution is 2.74. The van der Waals surface area contributed by atoms with Crippen LogP contribution in [0.3, 0.4) is 0 Å². The Bertz CT molecular complexity index is 1980. The largest absolute Gasteiger partial charge is 0.463 e. The van der Waals surface area contributed by atoms with E-state index < -0.39 is 21.9 Å². The fourth-order valence-corrected chi connectivity index (χ4v) is 9.74. The molecular formula is C41H38BrNO4S. The Labute approximate surface area is 295 Å². The minimum Gasteiger partial charge on any atom is -0.463 e. The molecule has 3 aliphatic heterocycles. The van der Waals surface area contributed by atoms with Crippen LogP contribution in [0, 0.1) is 13.8 Å². The van der Waals surface area contributed by atoms with Gasteiger partial charge in [-0.3, -0.25) is 4.79 Å². The number of hydrogen-bond acceptors (Lipinski definition) is 6. The van der Waals surface area contributed by atoms with Gasteiger partial charge in [0.1, 0.15) is 4.75 Å². The van der Waals surface area contributed by atoms with Crippen LogP contribution < -0.4 is 0 Å². The molecule has 3 heterocycles. The van der Waals surface area contributed by atoms with Crippen LogP contribution in [0.25, 0.3) is 0 Å². The van der Waals surface area contributed by atoms with Crippen LogP contribution in [0.5, 0.6) is 0 Å². The molecule has 0 fully saturated rings. The van der Waals surface area contributed by atoms with Gasteiger partial charge in [-0.2, -0.15) is 0 Å². The Morgan fingerprint density at radius 2 is 1.38 bits per heavy atom. The molecule has 0 unspecified atom stereocenters. The van der Waals surface area contributed by atoms with Crippen molar-refractivity contribution in [2.24, 2.45) is 0 Å². The zero-order valence-electron chi connectivity index (χ0n) is 28.0. The van der Waals surface area contributed by atoms with Gasteiger partial charge in [0.25, 0.3) is 0 Å². The molecule has 7 rings (SSSR count). The fraction of sp³-hybridized carbons (Fsp3) is 0.268. The third-order valence-corrected chi connectivity index (χ3v) is 12.4. The van der Waals surface area contributed by atoms with Gasteiger partial charge in [-0.15, -0.1) is 11.8 Å². The molecule has 0 saturated carbocycles.